The molecule has 0 saturated carbocycles. The Kier molecular flexibility index (Phi) is 4.74. The molecule has 0 atom stereocenters. The molecule has 1 aromatic rings. The fraction of sp³-hybridized carbons (Fsp3) is 0.500. The van der Waals surface area contributed by atoms with E-state index in [0.29, 0.717) is 5.56 Å². The smallest absolute Gasteiger partial charge is 0.315 e. The zero-order valence-electron chi connectivity index (χ0n) is 11.2. The average molecular weight is 265 g/mol. The molecule has 1 saturated heterocycles. The van der Waals surface area contributed by atoms with E-state index >= 15 is 0 Å². The third-order valence-corrected chi connectivity index (χ3v) is 3.45. The van der Waals surface area contributed by atoms with Gasteiger partial charge >= 0.3 is 6.03 Å². The lowest BCUT2D eigenvalue weighted by Crippen LogP contribution is -2.46. The zero-order valence-corrected chi connectivity index (χ0v) is 11.2. The largest absolute Gasteiger partial charge is 0.335 e. The number of rotatable bonds is 3. The second kappa shape index (κ2) is 6.52. The summed E-state index contributed by atoms with van der Waals surface area (Å²) in [5.74, 6) is -0.290. The first-order chi connectivity index (χ1) is 9.15. The fourth-order valence-corrected chi connectivity index (χ4v) is 2.21. The van der Waals surface area contributed by atoms with Crippen LogP contribution in [0.15, 0.2) is 24.3 Å². The molecule has 1 aliphatic rings. The summed E-state index contributed by atoms with van der Waals surface area (Å²) < 4.78 is 13.4. The van der Waals surface area contributed by atoms with Crippen LogP contribution in [-0.2, 0) is 6.54 Å². The number of nitrogens with one attached hydrogen (secondary N) is 2. The Bertz CT molecular complexity index is 430. The van der Waals surface area contributed by atoms with Crippen molar-refractivity contribution in [2.75, 3.05) is 20.1 Å². The van der Waals surface area contributed by atoms with Gasteiger partial charge in [-0.25, -0.2) is 9.18 Å². The molecule has 0 spiro atoms. The molecule has 1 aromatic carbocycles. The number of urea groups is 1. The molecule has 5 heteroatoms. The number of piperidine rings is 1. The maximum atomic E-state index is 13.4. The van der Waals surface area contributed by atoms with E-state index in [-0.39, 0.29) is 24.4 Å². The van der Waals surface area contributed by atoms with E-state index in [2.05, 4.69) is 22.6 Å². The molecule has 0 unspecified atom stereocenters. The molecule has 4 nitrogen and oxygen atoms in total. The number of halogens is 1. The van der Waals surface area contributed by atoms with Gasteiger partial charge < -0.3 is 15.5 Å². The molecule has 2 amide bonds. The lowest BCUT2D eigenvalue weighted by molar-refractivity contribution is 0.213. The summed E-state index contributed by atoms with van der Waals surface area (Å²) in [4.78, 5) is 14.0. The highest BCUT2D eigenvalue weighted by Crippen LogP contribution is 2.08. The van der Waals surface area contributed by atoms with Crippen molar-refractivity contribution < 1.29 is 9.18 Å². The van der Waals surface area contributed by atoms with Crippen LogP contribution in [0.1, 0.15) is 18.4 Å². The Labute approximate surface area is 113 Å². The van der Waals surface area contributed by atoms with E-state index in [4.69, 9.17) is 0 Å². The maximum absolute atomic E-state index is 13.4. The number of carbonyl (C=O) groups is 1. The number of carbonyl (C=O) groups excluding carboxylic acids is 1. The molecule has 0 aromatic heterocycles. The maximum Gasteiger partial charge on any atom is 0.315 e. The van der Waals surface area contributed by atoms with E-state index in [1.165, 1.54) is 6.07 Å². The summed E-state index contributed by atoms with van der Waals surface area (Å²) in [6.45, 7) is 2.21. The molecule has 0 bridgehead atoms. The fourth-order valence-electron chi connectivity index (χ4n) is 2.21. The Morgan fingerprint density at radius 1 is 1.37 bits per heavy atom. The molecule has 104 valence electrons. The van der Waals surface area contributed by atoms with Crippen LogP contribution < -0.4 is 10.6 Å². The van der Waals surface area contributed by atoms with Crippen molar-refractivity contribution in [2.24, 2.45) is 0 Å². The topological polar surface area (TPSA) is 44.4 Å². The quantitative estimate of drug-likeness (QED) is 0.874. The van der Waals surface area contributed by atoms with Gasteiger partial charge in [0, 0.05) is 18.2 Å². The molecule has 19 heavy (non-hydrogen) atoms. The molecule has 1 aliphatic heterocycles. The van der Waals surface area contributed by atoms with Crippen LogP contribution in [0.25, 0.3) is 0 Å². The van der Waals surface area contributed by atoms with Gasteiger partial charge in [0.05, 0.1) is 0 Å². The summed E-state index contributed by atoms with van der Waals surface area (Å²) >= 11 is 0. The first kappa shape index (κ1) is 13.8. The minimum atomic E-state index is -0.290. The van der Waals surface area contributed by atoms with Crippen LogP contribution in [0, 0.1) is 5.82 Å². The van der Waals surface area contributed by atoms with E-state index < -0.39 is 0 Å². The van der Waals surface area contributed by atoms with Crippen LogP contribution in [0.4, 0.5) is 9.18 Å². The average Bonchev–Trinajstić information content (AvgIpc) is 2.40. The predicted octanol–water partition coefficient (Wildman–Crippen LogP) is 1.72. The first-order valence-electron chi connectivity index (χ1n) is 6.61. The summed E-state index contributed by atoms with van der Waals surface area (Å²) in [7, 11) is 2.08. The van der Waals surface area contributed by atoms with Crippen molar-refractivity contribution in [2.45, 2.75) is 25.4 Å². The number of likely N-dealkylation sites (tertiary alicyclic amines) is 1. The lowest BCUT2D eigenvalue weighted by Gasteiger charge is -2.29. The van der Waals surface area contributed by atoms with Crippen molar-refractivity contribution in [1.82, 2.24) is 15.5 Å². The van der Waals surface area contributed by atoms with E-state index in [1.54, 1.807) is 18.2 Å². The number of nitrogens with zero attached hydrogens (tertiary/aromatic N) is 1. The number of hydrogen-bond donors (Lipinski definition) is 2. The predicted molar refractivity (Wildman–Crippen MR) is 72.3 cm³/mol. The van der Waals surface area contributed by atoms with Gasteiger partial charge in [-0.05, 0) is 39.0 Å². The van der Waals surface area contributed by atoms with Crippen LogP contribution >= 0.6 is 0 Å². The molecule has 2 rings (SSSR count). The number of benzene rings is 1. The normalized spacial score (nSPS) is 17.2. The third-order valence-electron chi connectivity index (χ3n) is 3.45. The van der Waals surface area contributed by atoms with Gasteiger partial charge in [0.15, 0.2) is 0 Å². The minimum Gasteiger partial charge on any atom is -0.335 e. The molecular weight excluding hydrogens is 245 g/mol. The van der Waals surface area contributed by atoms with Gasteiger partial charge in [-0.15, -0.1) is 0 Å². The van der Waals surface area contributed by atoms with Gasteiger partial charge in [-0.3, -0.25) is 0 Å². The number of hydrogen-bond acceptors (Lipinski definition) is 2. The number of amides is 2. The van der Waals surface area contributed by atoms with Crippen molar-refractivity contribution in [3.63, 3.8) is 0 Å². The summed E-state index contributed by atoms with van der Waals surface area (Å²) in [5.41, 5.74) is 0.501. The summed E-state index contributed by atoms with van der Waals surface area (Å²) in [6.07, 6.45) is 1.92. The Morgan fingerprint density at radius 2 is 2.05 bits per heavy atom. The van der Waals surface area contributed by atoms with Gasteiger partial charge in [-0.1, -0.05) is 18.2 Å². The molecule has 1 heterocycles. The summed E-state index contributed by atoms with van der Waals surface area (Å²) in [5, 5.41) is 5.62. The second-order valence-corrected chi connectivity index (χ2v) is 5.00. The minimum absolute atomic E-state index is 0.213. The first-order valence-corrected chi connectivity index (χ1v) is 6.61. The van der Waals surface area contributed by atoms with Crippen LogP contribution in [0.2, 0.25) is 0 Å². The highest BCUT2D eigenvalue weighted by Gasteiger charge is 2.18. The molecule has 1 fully saturated rings. The summed E-state index contributed by atoms with van der Waals surface area (Å²) in [6, 6.07) is 6.46. The Balaban J connectivity index is 1.74. The SMILES string of the molecule is CN1CCC(NC(=O)NCc2ccccc2F)CC1. The highest BCUT2D eigenvalue weighted by atomic mass is 19.1. The highest BCUT2D eigenvalue weighted by molar-refractivity contribution is 5.74. The van der Waals surface area contributed by atoms with E-state index in [1.807, 2.05) is 0 Å². The van der Waals surface area contributed by atoms with Gasteiger partial charge in [-0.2, -0.15) is 0 Å². The molecular formula is C14H20FN3O. The Hall–Kier alpha value is -1.62. The van der Waals surface area contributed by atoms with Crippen LogP contribution in [0.3, 0.4) is 0 Å². The van der Waals surface area contributed by atoms with Gasteiger partial charge in [0.1, 0.15) is 5.82 Å². The monoisotopic (exact) mass is 265 g/mol. The third kappa shape index (κ3) is 4.21. The van der Waals surface area contributed by atoms with Crippen molar-refractivity contribution in [3.05, 3.63) is 35.6 Å². The van der Waals surface area contributed by atoms with Crippen molar-refractivity contribution in [3.8, 4) is 0 Å². The second-order valence-electron chi connectivity index (χ2n) is 5.00. The van der Waals surface area contributed by atoms with E-state index in [9.17, 15) is 9.18 Å². The Morgan fingerprint density at radius 3 is 2.74 bits per heavy atom. The standard InChI is InChI=1S/C14H20FN3O/c1-18-8-6-12(7-9-18)17-14(19)16-10-11-4-2-3-5-13(11)15/h2-5,12H,6-10H2,1H3,(H2,16,17,19). The van der Waals surface area contributed by atoms with Crippen LogP contribution in [0.5, 0.6) is 0 Å². The molecule has 0 aliphatic carbocycles. The lowest BCUT2D eigenvalue weighted by atomic mass is 10.1. The molecule has 2 N–H and O–H groups in total. The van der Waals surface area contributed by atoms with Gasteiger partial charge in [0.25, 0.3) is 0 Å². The van der Waals surface area contributed by atoms with E-state index in [0.717, 1.165) is 25.9 Å². The van der Waals surface area contributed by atoms with Crippen molar-refractivity contribution >= 4 is 6.03 Å². The zero-order chi connectivity index (χ0) is 13.7. The van der Waals surface area contributed by atoms with Gasteiger partial charge in [0.2, 0.25) is 0 Å². The van der Waals surface area contributed by atoms with Crippen molar-refractivity contribution in [1.29, 1.82) is 0 Å². The molecule has 0 radical (unpaired) electrons. The van der Waals surface area contributed by atoms with Crippen LogP contribution in [-0.4, -0.2) is 37.1 Å².